The summed E-state index contributed by atoms with van der Waals surface area (Å²) < 4.78 is 2.10. The first kappa shape index (κ1) is 19.1. The van der Waals surface area contributed by atoms with Crippen LogP contribution in [0, 0.1) is 0 Å². The lowest BCUT2D eigenvalue weighted by Gasteiger charge is -2.40. The molecule has 2 aliphatic rings. The number of rotatable bonds is 6. The van der Waals surface area contributed by atoms with E-state index in [1.807, 2.05) is 7.05 Å². The van der Waals surface area contributed by atoms with Crippen LogP contribution in [-0.4, -0.2) is 64.4 Å². The number of hydrogen-bond donors (Lipinski definition) is 2. The summed E-state index contributed by atoms with van der Waals surface area (Å²) in [5, 5.41) is 15.2. The lowest BCUT2D eigenvalue weighted by atomic mass is 9.92. The molecule has 7 heteroatoms. The molecular formula is C19H35N7. The molecule has 146 valence electrons. The largest absolute Gasteiger partial charge is 0.355 e. The van der Waals surface area contributed by atoms with Crippen LogP contribution in [0.4, 0.5) is 0 Å². The number of nitrogens with zero attached hydrogens (tertiary/aromatic N) is 5. The average Bonchev–Trinajstić information content (AvgIpc) is 3.15. The molecule has 1 atom stereocenters. The third-order valence-electron chi connectivity index (χ3n) is 5.77. The van der Waals surface area contributed by atoms with E-state index in [0.29, 0.717) is 6.04 Å². The van der Waals surface area contributed by atoms with Crippen LogP contribution in [-0.2, 0) is 13.0 Å². The van der Waals surface area contributed by atoms with Gasteiger partial charge in [0.2, 0.25) is 0 Å². The quantitative estimate of drug-likeness (QED) is 0.597. The first-order chi connectivity index (χ1) is 12.8. The van der Waals surface area contributed by atoms with Gasteiger partial charge in [0, 0.05) is 45.2 Å². The third-order valence-corrected chi connectivity index (χ3v) is 5.77. The number of likely N-dealkylation sites (tertiary alicyclic amines) is 1. The summed E-state index contributed by atoms with van der Waals surface area (Å²) >= 11 is 0. The number of aliphatic imine (C=N–C) groups is 1. The summed E-state index contributed by atoms with van der Waals surface area (Å²) in [5.74, 6) is 1.94. The second-order valence-corrected chi connectivity index (χ2v) is 7.56. The first-order valence-electron chi connectivity index (χ1n) is 10.4. The first-order valence-corrected chi connectivity index (χ1v) is 10.4. The Morgan fingerprint density at radius 1 is 1.23 bits per heavy atom. The Balaban J connectivity index is 1.43. The fraction of sp³-hybridized carbons (Fsp3) is 0.842. The molecule has 1 aliphatic carbocycles. The molecule has 1 aromatic heterocycles. The Kier molecular flexibility index (Phi) is 7.29. The maximum Gasteiger partial charge on any atom is 0.191 e. The van der Waals surface area contributed by atoms with E-state index in [0.717, 1.165) is 43.9 Å². The molecule has 1 saturated carbocycles. The molecular weight excluding hydrogens is 326 g/mol. The van der Waals surface area contributed by atoms with E-state index in [4.69, 9.17) is 0 Å². The Bertz CT molecular complexity index is 562. The van der Waals surface area contributed by atoms with Crippen LogP contribution in [0.5, 0.6) is 0 Å². The molecule has 26 heavy (non-hydrogen) atoms. The van der Waals surface area contributed by atoms with Crippen LogP contribution in [0.25, 0.3) is 0 Å². The van der Waals surface area contributed by atoms with Crippen molar-refractivity contribution in [2.24, 2.45) is 4.99 Å². The molecule has 1 saturated heterocycles. The van der Waals surface area contributed by atoms with E-state index in [1.54, 1.807) is 6.33 Å². The summed E-state index contributed by atoms with van der Waals surface area (Å²) in [6.07, 6.45) is 12.2. The highest BCUT2D eigenvalue weighted by atomic mass is 15.3. The Hall–Kier alpha value is -1.63. The minimum absolute atomic E-state index is 0.498. The highest BCUT2D eigenvalue weighted by Gasteiger charge is 2.27. The van der Waals surface area contributed by atoms with Crippen molar-refractivity contribution in [3.05, 3.63) is 12.2 Å². The van der Waals surface area contributed by atoms with Crippen LogP contribution in [0.1, 0.15) is 57.7 Å². The van der Waals surface area contributed by atoms with E-state index < -0.39 is 0 Å². The summed E-state index contributed by atoms with van der Waals surface area (Å²) in [5.41, 5.74) is 0. The van der Waals surface area contributed by atoms with Crippen molar-refractivity contribution in [1.82, 2.24) is 30.3 Å². The fourth-order valence-electron chi connectivity index (χ4n) is 4.32. The Morgan fingerprint density at radius 3 is 2.85 bits per heavy atom. The maximum atomic E-state index is 4.42. The molecule has 0 bridgehead atoms. The molecule has 2 fully saturated rings. The lowest BCUT2D eigenvalue weighted by molar-refractivity contribution is 0.115. The molecule has 0 radical (unpaired) electrons. The summed E-state index contributed by atoms with van der Waals surface area (Å²) in [4.78, 5) is 7.14. The Morgan fingerprint density at radius 2 is 2.08 bits per heavy atom. The summed E-state index contributed by atoms with van der Waals surface area (Å²) in [6, 6.07) is 1.31. The number of aromatic nitrogens is 3. The van der Waals surface area contributed by atoms with Gasteiger partial charge in [0.25, 0.3) is 0 Å². The van der Waals surface area contributed by atoms with Gasteiger partial charge in [0.1, 0.15) is 12.2 Å². The van der Waals surface area contributed by atoms with Gasteiger partial charge >= 0.3 is 0 Å². The predicted octanol–water partition coefficient (Wildman–Crippen LogP) is 1.80. The minimum Gasteiger partial charge on any atom is -0.355 e. The van der Waals surface area contributed by atoms with Gasteiger partial charge in [-0.05, 0) is 32.2 Å². The maximum absolute atomic E-state index is 4.42. The van der Waals surface area contributed by atoms with Crippen molar-refractivity contribution in [1.29, 1.82) is 0 Å². The zero-order valence-electron chi connectivity index (χ0n) is 16.5. The molecule has 0 spiro atoms. The number of piperidine rings is 1. The van der Waals surface area contributed by atoms with Gasteiger partial charge in [-0.1, -0.05) is 26.2 Å². The van der Waals surface area contributed by atoms with Crippen LogP contribution in [0.15, 0.2) is 11.3 Å². The molecule has 2 heterocycles. The van der Waals surface area contributed by atoms with Gasteiger partial charge < -0.3 is 15.2 Å². The number of aryl methyl sites for hydroxylation is 1. The topological polar surface area (TPSA) is 70.4 Å². The second-order valence-electron chi connectivity index (χ2n) is 7.56. The summed E-state index contributed by atoms with van der Waals surface area (Å²) in [6.45, 7) is 6.20. The van der Waals surface area contributed by atoms with E-state index >= 15 is 0 Å². The SMILES string of the molecule is CCc1nncn1CCNC(=NC)NC1CCCN(C2CCCCC2)C1. The highest BCUT2D eigenvalue weighted by molar-refractivity contribution is 5.79. The molecule has 1 aliphatic heterocycles. The van der Waals surface area contributed by atoms with E-state index in [-0.39, 0.29) is 0 Å². The molecule has 3 rings (SSSR count). The summed E-state index contributed by atoms with van der Waals surface area (Å²) in [7, 11) is 1.85. The van der Waals surface area contributed by atoms with Crippen LogP contribution in [0.2, 0.25) is 0 Å². The van der Waals surface area contributed by atoms with Crippen molar-refractivity contribution in [3.63, 3.8) is 0 Å². The predicted molar refractivity (Wildman–Crippen MR) is 105 cm³/mol. The normalized spacial score (nSPS) is 23.2. The monoisotopic (exact) mass is 361 g/mol. The molecule has 2 N–H and O–H groups in total. The number of nitrogens with one attached hydrogen (secondary N) is 2. The molecule has 7 nitrogen and oxygen atoms in total. The van der Waals surface area contributed by atoms with Crippen molar-refractivity contribution in [2.75, 3.05) is 26.7 Å². The van der Waals surface area contributed by atoms with Gasteiger partial charge in [-0.15, -0.1) is 10.2 Å². The van der Waals surface area contributed by atoms with Crippen molar-refractivity contribution in [2.45, 2.75) is 76.9 Å². The highest BCUT2D eigenvalue weighted by Crippen LogP contribution is 2.25. The van der Waals surface area contributed by atoms with Crippen LogP contribution < -0.4 is 10.6 Å². The second kappa shape index (κ2) is 9.90. The zero-order chi connectivity index (χ0) is 18.2. The smallest absolute Gasteiger partial charge is 0.191 e. The van der Waals surface area contributed by atoms with Gasteiger partial charge in [-0.25, -0.2) is 0 Å². The van der Waals surface area contributed by atoms with Crippen LogP contribution >= 0.6 is 0 Å². The molecule has 0 aromatic carbocycles. The van der Waals surface area contributed by atoms with Gasteiger partial charge in [-0.2, -0.15) is 0 Å². The van der Waals surface area contributed by atoms with E-state index in [9.17, 15) is 0 Å². The Labute approximate surface area is 157 Å². The van der Waals surface area contributed by atoms with Crippen LogP contribution in [0.3, 0.4) is 0 Å². The fourth-order valence-corrected chi connectivity index (χ4v) is 4.32. The standard InChI is InChI=1S/C19H35N7/c1-3-18-24-22-15-26(18)13-11-21-19(20-2)23-16-8-7-12-25(14-16)17-9-5-4-6-10-17/h15-17H,3-14H2,1-2H3,(H2,20,21,23). The van der Waals surface area contributed by atoms with Crippen molar-refractivity contribution >= 4 is 5.96 Å². The third kappa shape index (κ3) is 5.19. The number of hydrogen-bond acceptors (Lipinski definition) is 4. The van der Waals surface area contributed by atoms with E-state index in [2.05, 4.69) is 42.2 Å². The molecule has 1 aromatic rings. The lowest BCUT2D eigenvalue weighted by Crippen LogP contribution is -2.53. The average molecular weight is 362 g/mol. The zero-order valence-corrected chi connectivity index (χ0v) is 16.5. The van der Waals surface area contributed by atoms with Gasteiger partial charge in [0.15, 0.2) is 5.96 Å². The molecule has 0 amide bonds. The number of guanidine groups is 1. The minimum atomic E-state index is 0.498. The van der Waals surface area contributed by atoms with E-state index in [1.165, 1.54) is 51.5 Å². The van der Waals surface area contributed by atoms with Gasteiger partial charge in [0.05, 0.1) is 0 Å². The van der Waals surface area contributed by atoms with Crippen molar-refractivity contribution in [3.8, 4) is 0 Å². The molecule has 1 unspecified atom stereocenters. The van der Waals surface area contributed by atoms with Crippen molar-refractivity contribution < 1.29 is 0 Å². The van der Waals surface area contributed by atoms with Gasteiger partial charge in [-0.3, -0.25) is 9.89 Å².